The van der Waals surface area contributed by atoms with Gasteiger partial charge in [0.2, 0.25) is 0 Å². The van der Waals surface area contributed by atoms with Crippen molar-refractivity contribution in [2.45, 2.75) is 36.3 Å². The van der Waals surface area contributed by atoms with Gasteiger partial charge in [-0.2, -0.15) is 0 Å². The zero-order chi connectivity index (χ0) is 17.1. The van der Waals surface area contributed by atoms with E-state index in [2.05, 4.69) is 4.98 Å². The monoisotopic (exact) mass is 341 g/mol. The molecule has 0 saturated carbocycles. The fourth-order valence-corrected chi connectivity index (χ4v) is 3.21. The predicted octanol–water partition coefficient (Wildman–Crippen LogP) is 3.57. The average Bonchev–Trinajstić information content (AvgIpc) is 2.73. The van der Waals surface area contributed by atoms with Gasteiger partial charge in [0.05, 0.1) is 5.69 Å². The van der Waals surface area contributed by atoms with Crippen LogP contribution in [0.2, 0.25) is 0 Å². The first-order valence-corrected chi connectivity index (χ1v) is 7.71. The van der Waals surface area contributed by atoms with Crippen LogP contribution in [0.15, 0.2) is 28.1 Å². The van der Waals surface area contributed by atoms with Gasteiger partial charge in [0, 0.05) is 18.0 Å². The Labute approximate surface area is 136 Å². The third kappa shape index (κ3) is 4.22. The maximum absolute atomic E-state index is 13.4. The van der Waals surface area contributed by atoms with Crippen LogP contribution in [0.1, 0.15) is 31.3 Å². The summed E-state index contributed by atoms with van der Waals surface area (Å²) in [5, 5.41) is 0.730. The van der Waals surface area contributed by atoms with E-state index < -0.39 is 17.7 Å². The zero-order valence-corrected chi connectivity index (χ0v) is 13.8. The van der Waals surface area contributed by atoms with Gasteiger partial charge in [-0.25, -0.2) is 18.6 Å². The van der Waals surface area contributed by atoms with Crippen molar-refractivity contribution >= 4 is 17.9 Å². The lowest BCUT2D eigenvalue weighted by Crippen LogP contribution is -2.14. The molecular weight excluding hydrogens is 324 g/mol. The van der Waals surface area contributed by atoms with E-state index in [0.717, 1.165) is 16.8 Å². The summed E-state index contributed by atoms with van der Waals surface area (Å²) >= 11 is 1.20. The van der Waals surface area contributed by atoms with Crippen LogP contribution in [-0.2, 0) is 18.4 Å². The smallest absolute Gasteiger partial charge is 0.404 e. The summed E-state index contributed by atoms with van der Waals surface area (Å²) in [6.07, 6.45) is -0.888. The largest absolute Gasteiger partial charge is 0.442 e. The van der Waals surface area contributed by atoms with Gasteiger partial charge < -0.3 is 15.0 Å². The molecule has 1 heterocycles. The highest BCUT2D eigenvalue weighted by molar-refractivity contribution is 7.99. The molecule has 0 aliphatic heterocycles. The summed E-state index contributed by atoms with van der Waals surface area (Å²) in [6, 6.07) is 3.33. The molecule has 0 aliphatic rings. The molecule has 2 N–H and O–H groups in total. The molecule has 0 radical (unpaired) electrons. The Balaban J connectivity index is 2.37. The molecule has 0 spiro atoms. The minimum atomic E-state index is -0.888. The lowest BCUT2D eigenvalue weighted by molar-refractivity contribution is 0.146. The molecule has 5 nitrogen and oxygen atoms in total. The van der Waals surface area contributed by atoms with Crippen LogP contribution in [0.5, 0.6) is 0 Å². The number of imidazole rings is 1. The number of halogens is 2. The van der Waals surface area contributed by atoms with E-state index in [4.69, 9.17) is 10.5 Å². The number of nitrogens with zero attached hydrogens (tertiary/aromatic N) is 2. The molecule has 0 fully saturated rings. The van der Waals surface area contributed by atoms with Crippen molar-refractivity contribution in [2.24, 2.45) is 12.8 Å². The van der Waals surface area contributed by atoms with Crippen LogP contribution in [0.4, 0.5) is 13.6 Å². The van der Waals surface area contributed by atoms with Gasteiger partial charge in [0.15, 0.2) is 6.61 Å². The zero-order valence-electron chi connectivity index (χ0n) is 13.0. The number of ether oxygens (including phenoxy) is 1. The van der Waals surface area contributed by atoms with Crippen molar-refractivity contribution in [2.75, 3.05) is 0 Å². The first-order valence-electron chi connectivity index (χ1n) is 6.89. The van der Waals surface area contributed by atoms with Crippen LogP contribution in [-0.4, -0.2) is 15.6 Å². The minimum absolute atomic E-state index is 0.0658. The number of carbonyl (C=O) groups excluding carboxylic acids is 1. The highest BCUT2D eigenvalue weighted by Crippen LogP contribution is 2.35. The SMILES string of the molecule is CC(C)c1nc(COC(N)=O)n(C)c1Sc1cc(F)cc(F)c1. The summed E-state index contributed by atoms with van der Waals surface area (Å²) < 4.78 is 33.2. The molecule has 1 aromatic carbocycles. The number of amides is 1. The molecule has 0 aliphatic carbocycles. The average molecular weight is 341 g/mol. The van der Waals surface area contributed by atoms with Gasteiger partial charge in [-0.05, 0) is 18.1 Å². The van der Waals surface area contributed by atoms with Crippen molar-refractivity contribution < 1.29 is 18.3 Å². The Bertz CT molecular complexity index is 712. The number of primary amides is 1. The molecule has 23 heavy (non-hydrogen) atoms. The number of hydrogen-bond donors (Lipinski definition) is 1. The summed E-state index contributed by atoms with van der Waals surface area (Å²) in [5.74, 6) is -0.688. The second-order valence-electron chi connectivity index (χ2n) is 5.25. The number of nitrogens with two attached hydrogens (primary N) is 1. The van der Waals surface area contributed by atoms with E-state index in [9.17, 15) is 13.6 Å². The number of carbonyl (C=O) groups is 1. The van der Waals surface area contributed by atoms with E-state index >= 15 is 0 Å². The lowest BCUT2D eigenvalue weighted by atomic mass is 10.2. The molecule has 2 aromatic rings. The Kier molecular flexibility index (Phi) is 5.25. The molecule has 1 amide bonds. The van der Waals surface area contributed by atoms with Crippen LogP contribution < -0.4 is 5.73 Å². The van der Waals surface area contributed by atoms with Gasteiger partial charge in [0.25, 0.3) is 0 Å². The van der Waals surface area contributed by atoms with Gasteiger partial charge in [-0.15, -0.1) is 0 Å². The third-order valence-corrected chi connectivity index (χ3v) is 4.25. The highest BCUT2D eigenvalue weighted by atomic mass is 32.2. The topological polar surface area (TPSA) is 70.1 Å². The maximum atomic E-state index is 13.4. The molecule has 2 rings (SSSR count). The second kappa shape index (κ2) is 6.99. The van der Waals surface area contributed by atoms with Crippen LogP contribution in [0.3, 0.4) is 0 Å². The molecule has 0 saturated heterocycles. The van der Waals surface area contributed by atoms with Crippen molar-refractivity contribution in [3.63, 3.8) is 0 Å². The van der Waals surface area contributed by atoms with Crippen molar-refractivity contribution in [1.29, 1.82) is 0 Å². The molecule has 8 heteroatoms. The third-order valence-electron chi connectivity index (χ3n) is 3.10. The molecule has 1 aromatic heterocycles. The van der Waals surface area contributed by atoms with Crippen molar-refractivity contribution in [1.82, 2.24) is 9.55 Å². The summed E-state index contributed by atoms with van der Waals surface area (Å²) in [7, 11) is 1.75. The fourth-order valence-electron chi connectivity index (χ4n) is 2.01. The van der Waals surface area contributed by atoms with Crippen molar-refractivity contribution in [3.8, 4) is 0 Å². The van der Waals surface area contributed by atoms with E-state index in [1.807, 2.05) is 13.8 Å². The molecule has 0 bridgehead atoms. The van der Waals surface area contributed by atoms with Crippen LogP contribution in [0, 0.1) is 11.6 Å². The van der Waals surface area contributed by atoms with E-state index in [-0.39, 0.29) is 12.5 Å². The Morgan fingerprint density at radius 1 is 1.35 bits per heavy atom. The predicted molar refractivity (Wildman–Crippen MR) is 82.2 cm³/mol. The van der Waals surface area contributed by atoms with Gasteiger partial charge in [-0.1, -0.05) is 25.6 Å². The van der Waals surface area contributed by atoms with E-state index in [1.54, 1.807) is 11.6 Å². The highest BCUT2D eigenvalue weighted by Gasteiger charge is 2.19. The van der Waals surface area contributed by atoms with E-state index in [0.29, 0.717) is 10.7 Å². The standard InChI is InChI=1S/C15H17F2N3O2S/c1-8(2)13-14(20(3)12(19-13)7-22-15(18)21)23-11-5-9(16)4-10(17)6-11/h4-6,8H,7H2,1-3H3,(H2,18,21). The van der Waals surface area contributed by atoms with Crippen LogP contribution >= 0.6 is 11.8 Å². The number of rotatable bonds is 5. The Morgan fingerprint density at radius 2 is 1.96 bits per heavy atom. The summed E-state index contributed by atoms with van der Waals surface area (Å²) in [6.45, 7) is 3.85. The van der Waals surface area contributed by atoms with Gasteiger partial charge >= 0.3 is 6.09 Å². The number of benzene rings is 1. The van der Waals surface area contributed by atoms with E-state index in [1.165, 1.54) is 23.9 Å². The maximum Gasteiger partial charge on any atom is 0.404 e. The Hall–Kier alpha value is -2.09. The number of hydrogen-bond acceptors (Lipinski definition) is 4. The lowest BCUT2D eigenvalue weighted by Gasteiger charge is -2.09. The molecule has 0 unspecified atom stereocenters. The molecular formula is C15H17F2N3O2S. The fraction of sp³-hybridized carbons (Fsp3) is 0.333. The quantitative estimate of drug-likeness (QED) is 0.902. The molecule has 0 atom stereocenters. The van der Waals surface area contributed by atoms with Gasteiger partial charge in [-0.3, -0.25) is 0 Å². The Morgan fingerprint density at radius 3 is 2.48 bits per heavy atom. The summed E-state index contributed by atoms with van der Waals surface area (Å²) in [5.41, 5.74) is 5.72. The summed E-state index contributed by atoms with van der Waals surface area (Å²) in [4.78, 5) is 15.6. The second-order valence-corrected chi connectivity index (χ2v) is 6.31. The van der Waals surface area contributed by atoms with Gasteiger partial charge in [0.1, 0.15) is 22.5 Å². The molecule has 124 valence electrons. The minimum Gasteiger partial charge on any atom is -0.442 e. The first kappa shape index (κ1) is 17.3. The van der Waals surface area contributed by atoms with Crippen LogP contribution in [0.25, 0.3) is 0 Å². The normalized spacial score (nSPS) is 11.0. The number of aromatic nitrogens is 2. The first-order chi connectivity index (χ1) is 10.8. The van der Waals surface area contributed by atoms with Crippen molar-refractivity contribution in [3.05, 3.63) is 41.4 Å².